The first-order chi connectivity index (χ1) is 8.91. The minimum atomic E-state index is -1.09. The van der Waals surface area contributed by atoms with E-state index in [1.165, 1.54) is 0 Å². The summed E-state index contributed by atoms with van der Waals surface area (Å²) in [6.07, 6.45) is 1.78. The molecule has 0 aliphatic heterocycles. The van der Waals surface area contributed by atoms with Crippen LogP contribution in [0.2, 0.25) is 0 Å². The first kappa shape index (κ1) is 13.9. The molecule has 2 rings (SSSR count). The van der Waals surface area contributed by atoms with E-state index in [1.807, 2.05) is 19.1 Å². The summed E-state index contributed by atoms with van der Waals surface area (Å²) in [5.41, 5.74) is 0.538. The van der Waals surface area contributed by atoms with Gasteiger partial charge in [0.25, 0.3) is 0 Å². The molecule has 6 heteroatoms. The first-order valence-electron chi connectivity index (χ1n) is 6.01. The number of benzene rings is 1. The van der Waals surface area contributed by atoms with Gasteiger partial charge in [0.1, 0.15) is 5.54 Å². The first-order valence-corrected chi connectivity index (χ1v) is 6.80. The van der Waals surface area contributed by atoms with Gasteiger partial charge >= 0.3 is 12.0 Å². The molecule has 19 heavy (non-hydrogen) atoms. The Balaban J connectivity index is 2.03. The molecule has 1 saturated carbocycles. The van der Waals surface area contributed by atoms with Gasteiger partial charge in [-0.1, -0.05) is 15.9 Å². The Labute approximate surface area is 119 Å². The van der Waals surface area contributed by atoms with Crippen LogP contribution in [0.1, 0.15) is 24.8 Å². The quantitative estimate of drug-likeness (QED) is 0.799. The minimum Gasteiger partial charge on any atom is -0.480 e. The molecular weight excluding hydrogens is 312 g/mol. The Bertz CT molecular complexity index is 506. The van der Waals surface area contributed by atoms with E-state index in [4.69, 9.17) is 5.11 Å². The zero-order valence-corrected chi connectivity index (χ0v) is 12.1. The third kappa shape index (κ3) is 3.07. The normalized spacial score (nSPS) is 16.3. The van der Waals surface area contributed by atoms with Gasteiger partial charge in [-0.05, 0) is 49.9 Å². The summed E-state index contributed by atoms with van der Waals surface area (Å²) in [6, 6.07) is 5.02. The summed E-state index contributed by atoms with van der Waals surface area (Å²) in [5.74, 6) is -0.973. The molecule has 0 bridgehead atoms. The van der Waals surface area contributed by atoms with E-state index >= 15 is 0 Å². The van der Waals surface area contributed by atoms with Crippen LogP contribution in [0, 0.1) is 6.92 Å². The van der Waals surface area contributed by atoms with Crippen molar-refractivity contribution in [3.05, 3.63) is 28.2 Å². The minimum absolute atomic E-state index is 0.479. The highest BCUT2D eigenvalue weighted by atomic mass is 79.9. The Hall–Kier alpha value is -1.56. The monoisotopic (exact) mass is 326 g/mol. The van der Waals surface area contributed by atoms with Crippen LogP contribution in [-0.2, 0) is 4.79 Å². The Morgan fingerprint density at radius 2 is 2.00 bits per heavy atom. The fourth-order valence-corrected chi connectivity index (χ4v) is 2.72. The fraction of sp³-hybridized carbons (Fsp3) is 0.385. The van der Waals surface area contributed by atoms with Crippen molar-refractivity contribution in [1.82, 2.24) is 5.32 Å². The van der Waals surface area contributed by atoms with E-state index in [0.717, 1.165) is 16.5 Å². The van der Waals surface area contributed by atoms with Crippen LogP contribution in [0.4, 0.5) is 10.5 Å². The number of halogens is 1. The molecule has 102 valence electrons. The van der Waals surface area contributed by atoms with Gasteiger partial charge in [-0.2, -0.15) is 0 Å². The van der Waals surface area contributed by atoms with Gasteiger partial charge in [0.15, 0.2) is 0 Å². The zero-order chi connectivity index (χ0) is 14.0. The average Bonchev–Trinajstić information content (AvgIpc) is 2.21. The van der Waals surface area contributed by atoms with Gasteiger partial charge in [0.2, 0.25) is 0 Å². The van der Waals surface area contributed by atoms with Crippen LogP contribution in [0.15, 0.2) is 22.7 Å². The Kier molecular flexibility index (Phi) is 3.80. The molecule has 1 aliphatic rings. The summed E-state index contributed by atoms with van der Waals surface area (Å²) in [4.78, 5) is 23.0. The van der Waals surface area contributed by atoms with E-state index in [1.54, 1.807) is 6.07 Å². The number of nitrogens with one attached hydrogen (secondary N) is 2. The van der Waals surface area contributed by atoms with Gasteiger partial charge in [-0.3, -0.25) is 0 Å². The van der Waals surface area contributed by atoms with E-state index in [9.17, 15) is 9.59 Å². The molecule has 1 aromatic carbocycles. The van der Waals surface area contributed by atoms with Crippen molar-refractivity contribution in [1.29, 1.82) is 0 Å². The van der Waals surface area contributed by atoms with E-state index < -0.39 is 17.5 Å². The van der Waals surface area contributed by atoms with E-state index in [2.05, 4.69) is 26.6 Å². The van der Waals surface area contributed by atoms with Gasteiger partial charge in [0, 0.05) is 10.2 Å². The van der Waals surface area contributed by atoms with Crippen LogP contribution < -0.4 is 10.6 Å². The predicted molar refractivity (Wildman–Crippen MR) is 75.3 cm³/mol. The number of urea groups is 1. The number of aliphatic carboxylic acids is 1. The van der Waals surface area contributed by atoms with Crippen molar-refractivity contribution < 1.29 is 14.7 Å². The number of aryl methyl sites for hydroxylation is 1. The van der Waals surface area contributed by atoms with Crippen LogP contribution in [0.3, 0.4) is 0 Å². The zero-order valence-electron chi connectivity index (χ0n) is 10.5. The molecule has 1 aromatic rings. The maximum Gasteiger partial charge on any atom is 0.329 e. The molecule has 3 N–H and O–H groups in total. The number of hydrogen-bond acceptors (Lipinski definition) is 2. The summed E-state index contributed by atoms with van der Waals surface area (Å²) in [6.45, 7) is 1.92. The van der Waals surface area contributed by atoms with Crippen LogP contribution in [-0.4, -0.2) is 22.6 Å². The number of carbonyl (C=O) groups is 2. The number of rotatable bonds is 3. The molecule has 0 radical (unpaired) electrons. The number of anilines is 1. The molecule has 0 atom stereocenters. The predicted octanol–water partition coefficient (Wildman–Crippen LogP) is 2.89. The highest BCUT2D eigenvalue weighted by Crippen LogP contribution is 2.32. The summed E-state index contributed by atoms with van der Waals surface area (Å²) in [5, 5.41) is 14.3. The maximum atomic E-state index is 11.8. The van der Waals surface area contributed by atoms with Crippen molar-refractivity contribution >= 4 is 33.6 Å². The summed E-state index contributed by atoms with van der Waals surface area (Å²) < 4.78 is 0.861. The van der Waals surface area contributed by atoms with E-state index in [-0.39, 0.29) is 0 Å². The molecule has 0 spiro atoms. The molecule has 0 heterocycles. The maximum absolute atomic E-state index is 11.8. The lowest BCUT2D eigenvalue weighted by atomic mass is 9.77. The summed E-state index contributed by atoms with van der Waals surface area (Å²) >= 11 is 3.35. The highest BCUT2D eigenvalue weighted by Gasteiger charge is 2.45. The summed E-state index contributed by atoms with van der Waals surface area (Å²) in [7, 11) is 0. The van der Waals surface area contributed by atoms with Crippen molar-refractivity contribution in [2.45, 2.75) is 31.7 Å². The second-order valence-electron chi connectivity index (χ2n) is 4.84. The Morgan fingerprint density at radius 3 is 2.47 bits per heavy atom. The lowest BCUT2D eigenvalue weighted by Crippen LogP contribution is -2.60. The highest BCUT2D eigenvalue weighted by molar-refractivity contribution is 9.10. The average molecular weight is 327 g/mol. The Morgan fingerprint density at radius 1 is 1.32 bits per heavy atom. The van der Waals surface area contributed by atoms with Gasteiger partial charge in [-0.25, -0.2) is 9.59 Å². The fourth-order valence-electron chi connectivity index (χ4n) is 2.11. The smallest absolute Gasteiger partial charge is 0.329 e. The standard InChI is InChI=1S/C13H15BrN2O3/c1-8-5-9(14)7-10(6-8)15-12(19)16-13(11(17)18)3-2-4-13/h5-7H,2-4H2,1H3,(H,17,18)(H2,15,16,19). The van der Waals surface area contributed by atoms with Crippen LogP contribution in [0.25, 0.3) is 0 Å². The molecule has 5 nitrogen and oxygen atoms in total. The third-order valence-corrected chi connectivity index (χ3v) is 3.73. The molecule has 1 fully saturated rings. The lowest BCUT2D eigenvalue weighted by molar-refractivity contribution is -0.148. The van der Waals surface area contributed by atoms with Crippen molar-refractivity contribution in [2.24, 2.45) is 0 Å². The molecule has 2 amide bonds. The van der Waals surface area contributed by atoms with Crippen LogP contribution in [0.5, 0.6) is 0 Å². The van der Waals surface area contributed by atoms with Crippen molar-refractivity contribution in [3.63, 3.8) is 0 Å². The second kappa shape index (κ2) is 5.21. The molecule has 0 aromatic heterocycles. The van der Waals surface area contributed by atoms with Crippen LogP contribution >= 0.6 is 15.9 Å². The lowest BCUT2D eigenvalue weighted by Gasteiger charge is -2.38. The van der Waals surface area contributed by atoms with E-state index in [0.29, 0.717) is 18.5 Å². The molecule has 1 aliphatic carbocycles. The molecular formula is C13H15BrN2O3. The molecule has 0 unspecified atom stereocenters. The molecule has 0 saturated heterocycles. The second-order valence-corrected chi connectivity index (χ2v) is 5.75. The third-order valence-electron chi connectivity index (χ3n) is 3.27. The number of amides is 2. The van der Waals surface area contributed by atoms with Gasteiger partial charge in [-0.15, -0.1) is 0 Å². The van der Waals surface area contributed by atoms with Gasteiger partial charge in [0.05, 0.1) is 0 Å². The number of carboxylic acids is 1. The topological polar surface area (TPSA) is 78.4 Å². The number of carbonyl (C=O) groups excluding carboxylic acids is 1. The van der Waals surface area contributed by atoms with Crippen molar-refractivity contribution in [2.75, 3.05) is 5.32 Å². The largest absolute Gasteiger partial charge is 0.480 e. The number of carboxylic acid groups (broad SMARTS) is 1. The van der Waals surface area contributed by atoms with Crippen molar-refractivity contribution in [3.8, 4) is 0 Å². The SMILES string of the molecule is Cc1cc(Br)cc(NC(=O)NC2(C(=O)O)CCC2)c1. The number of hydrogen-bond donors (Lipinski definition) is 3. The van der Waals surface area contributed by atoms with Gasteiger partial charge < -0.3 is 15.7 Å².